The molecule has 0 aliphatic carbocycles. The van der Waals surface area contributed by atoms with Gasteiger partial charge < -0.3 is 9.84 Å². The van der Waals surface area contributed by atoms with E-state index < -0.39 is 5.97 Å². The van der Waals surface area contributed by atoms with E-state index in [0.29, 0.717) is 5.75 Å². The first-order valence-corrected chi connectivity index (χ1v) is 6.83. The van der Waals surface area contributed by atoms with Crippen LogP contribution in [0.25, 0.3) is 0 Å². The zero-order valence-corrected chi connectivity index (χ0v) is 12.8. The van der Waals surface area contributed by atoms with E-state index in [-0.39, 0.29) is 22.0 Å². The van der Waals surface area contributed by atoms with Gasteiger partial charge in [-0.2, -0.15) is 0 Å². The lowest BCUT2D eigenvalue weighted by Gasteiger charge is -2.19. The van der Waals surface area contributed by atoms with Crippen LogP contribution in [0.5, 0.6) is 11.6 Å². The number of hydrogen-bond acceptors (Lipinski definition) is 3. The van der Waals surface area contributed by atoms with Crippen molar-refractivity contribution in [2.45, 2.75) is 26.2 Å². The summed E-state index contributed by atoms with van der Waals surface area (Å²) in [5, 5.41) is 9.34. The molecule has 4 nitrogen and oxygen atoms in total. The molecule has 1 heterocycles. The second-order valence-electron chi connectivity index (χ2n) is 5.67. The molecule has 1 aromatic carbocycles. The molecule has 110 valence electrons. The Labute approximate surface area is 128 Å². The number of hydrogen-bond donors (Lipinski definition) is 1. The minimum absolute atomic E-state index is 0.0129. The first-order chi connectivity index (χ1) is 9.77. The summed E-state index contributed by atoms with van der Waals surface area (Å²) < 4.78 is 5.61. The Hall–Kier alpha value is -2.07. The van der Waals surface area contributed by atoms with Gasteiger partial charge in [-0.25, -0.2) is 9.78 Å². The largest absolute Gasteiger partial charge is 0.477 e. The number of halogens is 1. The number of pyridine rings is 1. The molecule has 0 aliphatic rings. The van der Waals surface area contributed by atoms with Gasteiger partial charge in [0.25, 0.3) is 0 Å². The molecule has 2 rings (SSSR count). The van der Waals surface area contributed by atoms with Crippen LogP contribution in [0.15, 0.2) is 36.4 Å². The summed E-state index contributed by atoms with van der Waals surface area (Å²) in [6.45, 7) is 6.27. The molecule has 0 spiro atoms. The second kappa shape index (κ2) is 5.74. The molecule has 0 bridgehead atoms. The minimum atomic E-state index is -1.11. The van der Waals surface area contributed by atoms with E-state index in [9.17, 15) is 4.79 Å². The summed E-state index contributed by atoms with van der Waals surface area (Å²) in [5.41, 5.74) is 1.02. The molecular weight excluding hydrogens is 290 g/mol. The van der Waals surface area contributed by atoms with Crippen molar-refractivity contribution in [1.82, 2.24) is 4.98 Å². The summed E-state index contributed by atoms with van der Waals surface area (Å²) in [6, 6.07) is 10.3. The predicted octanol–water partition coefficient (Wildman–Crippen LogP) is 4.52. The minimum Gasteiger partial charge on any atom is -0.477 e. The quantitative estimate of drug-likeness (QED) is 0.847. The molecule has 0 unspecified atom stereocenters. The molecule has 0 saturated carbocycles. The summed E-state index contributed by atoms with van der Waals surface area (Å²) >= 11 is 5.81. The van der Waals surface area contributed by atoms with Gasteiger partial charge in [0.2, 0.25) is 5.88 Å². The third-order valence-electron chi connectivity index (χ3n) is 2.97. The summed E-state index contributed by atoms with van der Waals surface area (Å²) in [5.74, 6) is -0.595. The number of carbonyl (C=O) groups is 1. The monoisotopic (exact) mass is 305 g/mol. The van der Waals surface area contributed by atoms with Crippen LogP contribution in [-0.2, 0) is 5.41 Å². The third-order valence-corrected chi connectivity index (χ3v) is 3.18. The molecule has 0 aliphatic heterocycles. The summed E-state index contributed by atoms with van der Waals surface area (Å²) in [7, 11) is 0. The second-order valence-corrected chi connectivity index (χ2v) is 6.06. The number of nitrogens with zero attached hydrogens (tertiary/aromatic N) is 1. The lowest BCUT2D eigenvalue weighted by atomic mass is 9.87. The maximum Gasteiger partial charge on any atom is 0.341 e. The van der Waals surface area contributed by atoms with Crippen molar-refractivity contribution >= 4 is 17.6 Å². The Morgan fingerprint density at radius 3 is 2.57 bits per heavy atom. The van der Waals surface area contributed by atoms with Crippen molar-refractivity contribution in [2.75, 3.05) is 0 Å². The van der Waals surface area contributed by atoms with E-state index in [0.717, 1.165) is 5.56 Å². The molecule has 0 fully saturated rings. The van der Waals surface area contributed by atoms with E-state index in [1.54, 1.807) is 6.07 Å². The fourth-order valence-corrected chi connectivity index (χ4v) is 1.94. The molecule has 0 radical (unpaired) electrons. The third kappa shape index (κ3) is 3.73. The lowest BCUT2D eigenvalue weighted by Crippen LogP contribution is -2.10. The molecule has 2 aromatic rings. The smallest absolute Gasteiger partial charge is 0.341 e. The van der Waals surface area contributed by atoms with Gasteiger partial charge in [0.05, 0.1) is 0 Å². The SMILES string of the molecule is CC(C)(C)c1cccc(Oc2nc(Cl)ccc2C(=O)O)c1. The van der Waals surface area contributed by atoms with Gasteiger partial charge in [0, 0.05) is 0 Å². The first kappa shape index (κ1) is 15.3. The van der Waals surface area contributed by atoms with E-state index >= 15 is 0 Å². The van der Waals surface area contributed by atoms with Crippen molar-refractivity contribution in [2.24, 2.45) is 0 Å². The number of carboxylic acids is 1. The van der Waals surface area contributed by atoms with Crippen molar-refractivity contribution in [3.05, 3.63) is 52.7 Å². The maximum atomic E-state index is 11.2. The zero-order chi connectivity index (χ0) is 15.6. The van der Waals surface area contributed by atoms with Gasteiger partial charge in [0.1, 0.15) is 16.5 Å². The number of benzene rings is 1. The standard InChI is InChI=1S/C16H16ClNO3/c1-16(2,3)10-5-4-6-11(9-10)21-14-12(15(19)20)7-8-13(17)18-14/h4-9H,1-3H3,(H,19,20). The normalized spacial score (nSPS) is 11.2. The highest BCUT2D eigenvalue weighted by Crippen LogP contribution is 2.29. The Kier molecular flexibility index (Phi) is 4.19. The number of ether oxygens (including phenoxy) is 1. The van der Waals surface area contributed by atoms with Crippen LogP contribution in [0.4, 0.5) is 0 Å². The van der Waals surface area contributed by atoms with Crippen LogP contribution in [0, 0.1) is 0 Å². The molecule has 1 N–H and O–H groups in total. The molecule has 0 atom stereocenters. The fraction of sp³-hybridized carbons (Fsp3) is 0.250. The van der Waals surface area contributed by atoms with Crippen LogP contribution in [0.3, 0.4) is 0 Å². The van der Waals surface area contributed by atoms with Crippen LogP contribution in [0.1, 0.15) is 36.7 Å². The summed E-state index contributed by atoms with van der Waals surface area (Å²) in [4.78, 5) is 15.1. The van der Waals surface area contributed by atoms with Crippen LogP contribution < -0.4 is 4.74 Å². The average Bonchev–Trinajstić information content (AvgIpc) is 2.37. The maximum absolute atomic E-state index is 11.2. The Morgan fingerprint density at radius 1 is 1.24 bits per heavy atom. The molecule has 21 heavy (non-hydrogen) atoms. The molecule has 5 heteroatoms. The Balaban J connectivity index is 2.39. The van der Waals surface area contributed by atoms with Crippen molar-refractivity contribution in [3.8, 4) is 11.6 Å². The van der Waals surface area contributed by atoms with E-state index in [2.05, 4.69) is 25.8 Å². The summed E-state index contributed by atoms with van der Waals surface area (Å²) in [6.07, 6.45) is 0. The van der Waals surface area contributed by atoms with Gasteiger partial charge in [0.15, 0.2) is 0 Å². The molecule has 0 amide bonds. The first-order valence-electron chi connectivity index (χ1n) is 6.45. The zero-order valence-electron chi connectivity index (χ0n) is 12.1. The predicted molar refractivity (Wildman–Crippen MR) is 81.4 cm³/mol. The Bertz CT molecular complexity index is 677. The lowest BCUT2D eigenvalue weighted by molar-refractivity contribution is 0.0693. The fourth-order valence-electron chi connectivity index (χ4n) is 1.80. The van der Waals surface area contributed by atoms with Crippen molar-refractivity contribution in [1.29, 1.82) is 0 Å². The van der Waals surface area contributed by atoms with Gasteiger partial charge in [-0.05, 0) is 35.2 Å². The van der Waals surface area contributed by atoms with Crippen LogP contribution in [-0.4, -0.2) is 16.1 Å². The van der Waals surface area contributed by atoms with Gasteiger partial charge in [-0.3, -0.25) is 0 Å². The van der Waals surface area contributed by atoms with Crippen LogP contribution in [0.2, 0.25) is 5.15 Å². The van der Waals surface area contributed by atoms with Gasteiger partial charge in [-0.1, -0.05) is 44.5 Å². The average molecular weight is 306 g/mol. The van der Waals surface area contributed by atoms with Crippen LogP contribution >= 0.6 is 11.6 Å². The van der Waals surface area contributed by atoms with Crippen molar-refractivity contribution < 1.29 is 14.6 Å². The molecule has 0 saturated heterocycles. The van der Waals surface area contributed by atoms with E-state index in [1.165, 1.54) is 12.1 Å². The topological polar surface area (TPSA) is 59.4 Å². The highest BCUT2D eigenvalue weighted by molar-refractivity contribution is 6.29. The van der Waals surface area contributed by atoms with Gasteiger partial charge >= 0.3 is 5.97 Å². The molecular formula is C16H16ClNO3. The highest BCUT2D eigenvalue weighted by atomic mass is 35.5. The number of carboxylic acid groups (broad SMARTS) is 1. The van der Waals surface area contributed by atoms with E-state index in [1.807, 2.05) is 18.2 Å². The van der Waals surface area contributed by atoms with Gasteiger partial charge in [-0.15, -0.1) is 0 Å². The number of aromatic nitrogens is 1. The highest BCUT2D eigenvalue weighted by Gasteiger charge is 2.17. The van der Waals surface area contributed by atoms with Crippen molar-refractivity contribution in [3.63, 3.8) is 0 Å². The molecule has 1 aromatic heterocycles. The number of aromatic carboxylic acids is 1. The number of rotatable bonds is 3. The Morgan fingerprint density at radius 2 is 1.95 bits per heavy atom. The van der Waals surface area contributed by atoms with E-state index in [4.69, 9.17) is 21.4 Å².